The lowest BCUT2D eigenvalue weighted by Crippen LogP contribution is -2.39. The van der Waals surface area contributed by atoms with Gasteiger partial charge >= 0.3 is 6.36 Å². The van der Waals surface area contributed by atoms with Crippen molar-refractivity contribution < 1.29 is 17.9 Å². The van der Waals surface area contributed by atoms with Gasteiger partial charge in [-0.1, -0.05) is 18.2 Å². The van der Waals surface area contributed by atoms with E-state index in [1.807, 2.05) is 13.1 Å². The maximum absolute atomic E-state index is 12.6. The van der Waals surface area contributed by atoms with Crippen molar-refractivity contribution in [3.05, 3.63) is 47.8 Å². The molecule has 1 heterocycles. The Kier molecular flexibility index (Phi) is 6.95. The third-order valence-electron chi connectivity index (χ3n) is 4.24. The Bertz CT molecular complexity index is 793. The highest BCUT2D eigenvalue weighted by Gasteiger charge is 2.42. The predicted octanol–water partition coefficient (Wildman–Crippen LogP) is 3.16. The Balaban J connectivity index is 0.00000261. The fraction of sp³-hybridized carbons (Fsp3) is 0.412. The number of aromatic nitrogens is 2. The van der Waals surface area contributed by atoms with Gasteiger partial charge in [0.1, 0.15) is 5.75 Å². The molecule has 27 heavy (non-hydrogen) atoms. The maximum atomic E-state index is 12.6. The second-order valence-electron chi connectivity index (χ2n) is 6.05. The van der Waals surface area contributed by atoms with Crippen LogP contribution in [-0.2, 0) is 13.6 Å². The summed E-state index contributed by atoms with van der Waals surface area (Å²) in [5.41, 5.74) is 1.54. The van der Waals surface area contributed by atoms with E-state index in [9.17, 15) is 13.2 Å². The summed E-state index contributed by atoms with van der Waals surface area (Å²) >= 11 is 0. The van der Waals surface area contributed by atoms with Gasteiger partial charge in [-0.15, -0.1) is 37.1 Å². The summed E-state index contributed by atoms with van der Waals surface area (Å²) in [5.74, 6) is 0.392. The molecule has 2 N–H and O–H groups in total. The summed E-state index contributed by atoms with van der Waals surface area (Å²) in [4.78, 5) is 4.16. The molecule has 1 fully saturated rings. The molecule has 0 aliphatic heterocycles. The van der Waals surface area contributed by atoms with E-state index in [0.717, 1.165) is 5.69 Å². The number of aliphatic imine (C=N–C) groups is 1. The topological polar surface area (TPSA) is 63.5 Å². The number of halogens is 4. The van der Waals surface area contributed by atoms with Crippen molar-refractivity contribution in [2.45, 2.75) is 31.3 Å². The average Bonchev–Trinajstić information content (AvgIpc) is 3.22. The summed E-state index contributed by atoms with van der Waals surface area (Å²) in [7, 11) is 3.50. The van der Waals surface area contributed by atoms with Crippen LogP contribution in [0.25, 0.3) is 0 Å². The highest BCUT2D eigenvalue weighted by molar-refractivity contribution is 14.0. The summed E-state index contributed by atoms with van der Waals surface area (Å²) in [6.45, 7) is 0.543. The fourth-order valence-electron chi connectivity index (χ4n) is 2.82. The van der Waals surface area contributed by atoms with Crippen molar-refractivity contribution >= 4 is 29.9 Å². The number of alkyl halides is 3. The molecule has 0 spiro atoms. The van der Waals surface area contributed by atoms with Gasteiger partial charge in [0.2, 0.25) is 0 Å². The number of aryl methyl sites for hydroxylation is 1. The molecule has 2 aromatic rings. The Morgan fingerprint density at radius 2 is 2.07 bits per heavy atom. The summed E-state index contributed by atoms with van der Waals surface area (Å²) < 4.78 is 43.6. The van der Waals surface area contributed by atoms with Crippen molar-refractivity contribution in [3.63, 3.8) is 0 Å². The molecule has 1 aromatic heterocycles. The van der Waals surface area contributed by atoms with Crippen LogP contribution in [0.15, 0.2) is 41.5 Å². The quantitative estimate of drug-likeness (QED) is 0.380. The zero-order chi connectivity index (χ0) is 18.7. The second-order valence-corrected chi connectivity index (χ2v) is 6.05. The van der Waals surface area contributed by atoms with Gasteiger partial charge in [0.05, 0.1) is 12.2 Å². The Morgan fingerprint density at radius 1 is 1.33 bits per heavy atom. The van der Waals surface area contributed by atoms with Gasteiger partial charge in [0.15, 0.2) is 5.96 Å². The summed E-state index contributed by atoms with van der Waals surface area (Å²) in [6, 6.07) is 8.15. The first kappa shape index (κ1) is 21.3. The minimum absolute atomic E-state index is 0. The molecule has 1 aromatic carbocycles. The first-order valence-electron chi connectivity index (χ1n) is 8.16. The van der Waals surface area contributed by atoms with Crippen LogP contribution in [0.4, 0.5) is 13.2 Å². The van der Waals surface area contributed by atoms with Crippen LogP contribution >= 0.6 is 24.0 Å². The van der Waals surface area contributed by atoms with Crippen LogP contribution in [-0.4, -0.2) is 35.2 Å². The van der Waals surface area contributed by atoms with Crippen molar-refractivity contribution in [1.29, 1.82) is 0 Å². The van der Waals surface area contributed by atoms with Crippen LogP contribution < -0.4 is 15.4 Å². The fourth-order valence-corrected chi connectivity index (χ4v) is 2.82. The van der Waals surface area contributed by atoms with E-state index in [2.05, 4.69) is 25.5 Å². The predicted molar refractivity (Wildman–Crippen MR) is 106 cm³/mol. The number of hydrogen-bond donors (Lipinski definition) is 2. The Labute approximate surface area is 172 Å². The number of nitrogens with one attached hydrogen (secondary N) is 2. The number of rotatable bonds is 5. The van der Waals surface area contributed by atoms with Gasteiger partial charge in [-0.3, -0.25) is 9.67 Å². The highest BCUT2D eigenvalue weighted by atomic mass is 127. The van der Waals surface area contributed by atoms with E-state index >= 15 is 0 Å². The van der Waals surface area contributed by atoms with Gasteiger partial charge in [0.25, 0.3) is 0 Å². The lowest BCUT2D eigenvalue weighted by Gasteiger charge is -2.14. The molecule has 148 valence electrons. The molecule has 0 amide bonds. The number of ether oxygens (including phenoxy) is 1. The van der Waals surface area contributed by atoms with E-state index in [1.54, 1.807) is 30.1 Å². The minimum atomic E-state index is -4.70. The molecular formula is C17H21F3IN5O. The molecule has 2 unspecified atom stereocenters. The lowest BCUT2D eigenvalue weighted by atomic mass is 10.1. The summed E-state index contributed by atoms with van der Waals surface area (Å²) in [6.07, 6.45) is -2.28. The average molecular weight is 495 g/mol. The van der Waals surface area contributed by atoms with Crippen LogP contribution in [0, 0.1) is 0 Å². The molecule has 1 aliphatic rings. The number of guanidine groups is 1. The largest absolute Gasteiger partial charge is 0.573 e. The van der Waals surface area contributed by atoms with Crippen LogP contribution in [0.3, 0.4) is 0 Å². The van der Waals surface area contributed by atoms with Gasteiger partial charge in [-0.05, 0) is 24.1 Å². The van der Waals surface area contributed by atoms with Gasteiger partial charge in [-0.25, -0.2) is 0 Å². The lowest BCUT2D eigenvalue weighted by molar-refractivity contribution is -0.274. The zero-order valence-corrected chi connectivity index (χ0v) is 17.2. The van der Waals surface area contributed by atoms with Crippen molar-refractivity contribution in [3.8, 4) is 5.75 Å². The van der Waals surface area contributed by atoms with Crippen LogP contribution in [0.1, 0.15) is 23.6 Å². The normalized spacial score (nSPS) is 19.2. The van der Waals surface area contributed by atoms with Crippen molar-refractivity contribution in [2.24, 2.45) is 12.0 Å². The molecule has 10 heteroatoms. The molecule has 0 radical (unpaired) electrons. The smallest absolute Gasteiger partial charge is 0.405 e. The van der Waals surface area contributed by atoms with Gasteiger partial charge in [-0.2, -0.15) is 5.10 Å². The summed E-state index contributed by atoms with van der Waals surface area (Å²) in [5, 5.41) is 10.5. The van der Waals surface area contributed by atoms with Crippen molar-refractivity contribution in [2.75, 3.05) is 7.05 Å². The van der Waals surface area contributed by atoms with Gasteiger partial charge in [0, 0.05) is 32.3 Å². The number of para-hydroxylation sites is 1. The van der Waals surface area contributed by atoms with Gasteiger partial charge < -0.3 is 15.4 Å². The van der Waals surface area contributed by atoms with E-state index in [-0.39, 0.29) is 41.7 Å². The van der Waals surface area contributed by atoms with E-state index in [1.165, 1.54) is 12.1 Å². The SMILES string of the molecule is CN=C(NCc1ccnn1C)NC1CC1c1ccccc1OC(F)(F)F.I. The Hall–Kier alpha value is -1.98. The Morgan fingerprint density at radius 3 is 2.70 bits per heavy atom. The molecule has 2 atom stereocenters. The standard InChI is InChI=1S/C17H20F3N5O.HI/c1-21-16(22-10-11-7-8-23-25(11)2)24-14-9-13(14)12-5-3-4-6-15(12)26-17(18,19)20;/h3-8,13-14H,9-10H2,1-2H3,(H2,21,22,24);1H. The number of benzene rings is 1. The minimum Gasteiger partial charge on any atom is -0.405 e. The monoisotopic (exact) mass is 495 g/mol. The van der Waals surface area contributed by atoms with Crippen molar-refractivity contribution in [1.82, 2.24) is 20.4 Å². The molecule has 0 bridgehead atoms. The molecule has 0 saturated heterocycles. The van der Waals surface area contributed by atoms with E-state index in [4.69, 9.17) is 0 Å². The first-order chi connectivity index (χ1) is 12.4. The van der Waals surface area contributed by atoms with E-state index in [0.29, 0.717) is 24.5 Å². The highest BCUT2D eigenvalue weighted by Crippen LogP contribution is 2.45. The first-order valence-corrected chi connectivity index (χ1v) is 8.16. The zero-order valence-electron chi connectivity index (χ0n) is 14.8. The number of nitrogens with zero attached hydrogens (tertiary/aromatic N) is 3. The molecule has 3 rings (SSSR count). The molecule has 6 nitrogen and oxygen atoms in total. The number of hydrogen-bond acceptors (Lipinski definition) is 3. The molecule has 1 aliphatic carbocycles. The second kappa shape index (κ2) is 8.81. The molecule has 1 saturated carbocycles. The molecular weight excluding hydrogens is 474 g/mol. The van der Waals surface area contributed by atoms with Crippen LogP contribution in [0.5, 0.6) is 5.75 Å². The third-order valence-corrected chi connectivity index (χ3v) is 4.24. The van der Waals surface area contributed by atoms with Crippen LogP contribution in [0.2, 0.25) is 0 Å². The third kappa shape index (κ3) is 5.75. The maximum Gasteiger partial charge on any atom is 0.573 e. The van der Waals surface area contributed by atoms with E-state index < -0.39 is 6.36 Å².